The molecule has 3 heteroatoms. The van der Waals surface area contributed by atoms with Crippen LogP contribution >= 0.6 is 11.3 Å². The molecule has 258 valence electrons. The zero-order valence-corrected chi connectivity index (χ0v) is 30.6. The van der Waals surface area contributed by atoms with Crippen molar-refractivity contribution in [3.8, 4) is 33.4 Å². The Morgan fingerprint density at radius 2 is 0.982 bits per heavy atom. The lowest BCUT2D eigenvalue weighted by Crippen LogP contribution is -2.10. The topological polar surface area (TPSA) is 16.4 Å². The molecule has 0 N–H and O–H groups in total. The van der Waals surface area contributed by atoms with E-state index in [4.69, 9.17) is 4.42 Å². The van der Waals surface area contributed by atoms with Gasteiger partial charge in [0.2, 0.25) is 0 Å². The van der Waals surface area contributed by atoms with E-state index in [1.165, 1.54) is 64.3 Å². The van der Waals surface area contributed by atoms with Crippen molar-refractivity contribution in [3.63, 3.8) is 0 Å². The molecule has 2 nitrogen and oxygen atoms in total. The molecule has 11 rings (SSSR count). The molecule has 0 atom stereocenters. The Labute approximate surface area is 322 Å². The minimum atomic E-state index is 0.870. The number of hydrogen-bond acceptors (Lipinski definition) is 3. The molecule has 0 amide bonds. The first-order valence-electron chi connectivity index (χ1n) is 18.7. The number of hydrogen-bond donors (Lipinski definition) is 0. The van der Waals surface area contributed by atoms with Crippen LogP contribution in [0.1, 0.15) is 0 Å². The van der Waals surface area contributed by atoms with E-state index in [0.717, 1.165) is 39.0 Å². The van der Waals surface area contributed by atoms with Gasteiger partial charge in [0.1, 0.15) is 5.58 Å². The first kappa shape index (κ1) is 31.6. The number of furan rings is 1. The number of thiophene rings is 1. The number of nitrogens with zero attached hydrogens (tertiary/aromatic N) is 1. The first-order chi connectivity index (χ1) is 27.3. The van der Waals surface area contributed by atoms with Gasteiger partial charge in [0.05, 0.1) is 5.69 Å². The van der Waals surface area contributed by atoms with Crippen LogP contribution in [-0.2, 0) is 0 Å². The van der Waals surface area contributed by atoms with Crippen molar-refractivity contribution in [2.75, 3.05) is 4.90 Å². The summed E-state index contributed by atoms with van der Waals surface area (Å²) in [5, 5.41) is 7.36. The van der Waals surface area contributed by atoms with Crippen LogP contribution in [0.25, 0.3) is 86.3 Å². The lowest BCUT2D eigenvalue weighted by Gasteiger charge is -2.26. The summed E-state index contributed by atoms with van der Waals surface area (Å²) in [5.74, 6) is 0. The minimum Gasteiger partial charge on any atom is -0.454 e. The summed E-state index contributed by atoms with van der Waals surface area (Å²) in [6, 6.07) is 72.1. The maximum atomic E-state index is 6.62. The maximum absolute atomic E-state index is 6.62. The number of para-hydroxylation sites is 2. The molecule has 0 fully saturated rings. The van der Waals surface area contributed by atoms with Crippen LogP contribution in [0.2, 0.25) is 0 Å². The summed E-state index contributed by atoms with van der Waals surface area (Å²) in [4.78, 5) is 2.32. The van der Waals surface area contributed by atoms with E-state index in [1.54, 1.807) is 0 Å². The van der Waals surface area contributed by atoms with Crippen molar-refractivity contribution in [1.82, 2.24) is 0 Å². The van der Waals surface area contributed by atoms with E-state index in [9.17, 15) is 0 Å². The summed E-state index contributed by atoms with van der Waals surface area (Å²) >= 11 is 1.87. The Bertz CT molecular complexity index is 3200. The third kappa shape index (κ3) is 5.32. The zero-order valence-electron chi connectivity index (χ0n) is 29.8. The van der Waals surface area contributed by atoms with Crippen LogP contribution in [-0.4, -0.2) is 0 Å². The van der Waals surface area contributed by atoms with E-state index >= 15 is 0 Å². The Morgan fingerprint density at radius 3 is 1.84 bits per heavy atom. The molecule has 0 saturated heterocycles. The van der Waals surface area contributed by atoms with Crippen molar-refractivity contribution in [3.05, 3.63) is 200 Å². The monoisotopic (exact) mass is 719 g/mol. The highest BCUT2D eigenvalue weighted by Crippen LogP contribution is 2.44. The highest BCUT2D eigenvalue weighted by molar-refractivity contribution is 7.26. The molecule has 0 saturated carbocycles. The molecule has 0 aliphatic heterocycles. The zero-order chi connectivity index (χ0) is 36.3. The van der Waals surface area contributed by atoms with Gasteiger partial charge < -0.3 is 9.32 Å². The lowest BCUT2D eigenvalue weighted by atomic mass is 9.95. The van der Waals surface area contributed by atoms with Crippen molar-refractivity contribution >= 4 is 81.3 Å². The van der Waals surface area contributed by atoms with Crippen LogP contribution in [0, 0.1) is 0 Å². The third-order valence-electron chi connectivity index (χ3n) is 10.9. The summed E-state index contributed by atoms with van der Waals surface area (Å²) < 4.78 is 9.25. The molecule has 0 spiro atoms. The van der Waals surface area contributed by atoms with Gasteiger partial charge in [-0.1, -0.05) is 152 Å². The molecule has 2 aromatic heterocycles. The summed E-state index contributed by atoms with van der Waals surface area (Å²) in [7, 11) is 0. The Hall–Kier alpha value is -6.94. The molecule has 0 radical (unpaired) electrons. The molecule has 2 heterocycles. The maximum Gasteiger partial charge on any atom is 0.159 e. The lowest BCUT2D eigenvalue weighted by molar-refractivity contribution is 0.669. The van der Waals surface area contributed by atoms with Gasteiger partial charge in [-0.2, -0.15) is 0 Å². The molecular weight excluding hydrogens is 687 g/mol. The second-order valence-electron chi connectivity index (χ2n) is 14.1. The average molecular weight is 720 g/mol. The fourth-order valence-electron chi connectivity index (χ4n) is 8.25. The highest BCUT2D eigenvalue weighted by atomic mass is 32.1. The van der Waals surface area contributed by atoms with Crippen LogP contribution in [0.15, 0.2) is 205 Å². The van der Waals surface area contributed by atoms with Crippen molar-refractivity contribution in [2.45, 2.75) is 0 Å². The number of benzene rings is 9. The SMILES string of the molecule is c1cc(-c2ccc(N(c3ccc(-c4cccc5c4sc4ccccc45)cc3)c3cccc4c3oc3ccccc34)cc2)cc(-c2cccc3ccccc23)c1. The Morgan fingerprint density at radius 1 is 0.382 bits per heavy atom. The second-order valence-corrected chi connectivity index (χ2v) is 15.1. The van der Waals surface area contributed by atoms with Gasteiger partial charge in [-0.3, -0.25) is 0 Å². The van der Waals surface area contributed by atoms with Gasteiger partial charge in [-0.05, 0) is 92.7 Å². The molecule has 0 unspecified atom stereocenters. The fourth-order valence-corrected chi connectivity index (χ4v) is 9.48. The van der Waals surface area contributed by atoms with Gasteiger partial charge in [0, 0.05) is 42.3 Å². The van der Waals surface area contributed by atoms with Crippen LogP contribution in [0.5, 0.6) is 0 Å². The largest absolute Gasteiger partial charge is 0.454 e. The van der Waals surface area contributed by atoms with E-state index in [1.807, 2.05) is 23.5 Å². The first-order valence-corrected chi connectivity index (χ1v) is 19.5. The standard InChI is InChI=1S/C52H33NOS/c1-2-15-41-35(11-1)12-8-18-42(41)38-14-7-13-37(33-38)34-25-29-39(30-26-34)53(48-22-10-20-46-44-16-3-5-23-49(44)54-51(46)48)40-31-27-36(28-32-40)43-19-9-21-47-45-17-4-6-24-50(45)55-52(43)47/h1-33H. The summed E-state index contributed by atoms with van der Waals surface area (Å²) in [5.41, 5.74) is 12.1. The van der Waals surface area contributed by atoms with E-state index in [0.29, 0.717) is 0 Å². The van der Waals surface area contributed by atoms with Crippen molar-refractivity contribution in [2.24, 2.45) is 0 Å². The molecule has 11 aromatic rings. The number of rotatable bonds is 6. The van der Waals surface area contributed by atoms with Crippen LogP contribution in [0.4, 0.5) is 17.1 Å². The van der Waals surface area contributed by atoms with E-state index in [2.05, 4.69) is 193 Å². The predicted octanol–water partition coefficient (Wildman–Crippen LogP) is 15.6. The van der Waals surface area contributed by atoms with E-state index in [-0.39, 0.29) is 0 Å². The quantitative estimate of drug-likeness (QED) is 0.170. The molecule has 0 aliphatic rings. The molecule has 55 heavy (non-hydrogen) atoms. The molecule has 9 aromatic carbocycles. The smallest absolute Gasteiger partial charge is 0.159 e. The average Bonchev–Trinajstić information content (AvgIpc) is 3.83. The minimum absolute atomic E-state index is 0.870. The van der Waals surface area contributed by atoms with Crippen molar-refractivity contribution in [1.29, 1.82) is 0 Å². The van der Waals surface area contributed by atoms with Crippen LogP contribution < -0.4 is 4.90 Å². The third-order valence-corrected chi connectivity index (χ3v) is 12.1. The Balaban J connectivity index is 1.02. The Kier molecular flexibility index (Phi) is 7.39. The van der Waals surface area contributed by atoms with E-state index < -0.39 is 0 Å². The second kappa shape index (κ2) is 12.9. The van der Waals surface area contributed by atoms with Crippen LogP contribution in [0.3, 0.4) is 0 Å². The number of anilines is 3. The number of fused-ring (bicyclic) bond motifs is 7. The van der Waals surface area contributed by atoms with Gasteiger partial charge in [0.25, 0.3) is 0 Å². The van der Waals surface area contributed by atoms with Gasteiger partial charge in [-0.25, -0.2) is 0 Å². The predicted molar refractivity (Wildman–Crippen MR) is 235 cm³/mol. The molecular formula is C52H33NOS. The van der Waals surface area contributed by atoms with Crippen molar-refractivity contribution < 1.29 is 4.42 Å². The fraction of sp³-hybridized carbons (Fsp3) is 0. The molecule has 0 bridgehead atoms. The van der Waals surface area contributed by atoms with Gasteiger partial charge in [-0.15, -0.1) is 11.3 Å². The summed E-state index contributed by atoms with van der Waals surface area (Å²) in [6.07, 6.45) is 0. The van der Waals surface area contributed by atoms with Gasteiger partial charge >= 0.3 is 0 Å². The summed E-state index contributed by atoms with van der Waals surface area (Å²) in [6.45, 7) is 0. The normalized spacial score (nSPS) is 11.6. The highest BCUT2D eigenvalue weighted by Gasteiger charge is 2.20. The molecule has 0 aliphatic carbocycles. The van der Waals surface area contributed by atoms with Gasteiger partial charge in [0.15, 0.2) is 5.58 Å².